The Labute approximate surface area is 94.8 Å². The molecule has 0 atom stereocenters. The van der Waals surface area contributed by atoms with Crippen molar-refractivity contribution in [2.24, 2.45) is 5.73 Å². The first kappa shape index (κ1) is 10.8. The van der Waals surface area contributed by atoms with Gasteiger partial charge >= 0.3 is 0 Å². The van der Waals surface area contributed by atoms with E-state index in [1.54, 1.807) is 7.11 Å². The van der Waals surface area contributed by atoms with E-state index < -0.39 is 0 Å². The monoisotopic (exact) mass is 217 g/mol. The zero-order valence-corrected chi connectivity index (χ0v) is 9.27. The molecule has 0 unspecified atom stereocenters. The van der Waals surface area contributed by atoms with Gasteiger partial charge in [-0.05, 0) is 29.8 Å². The molecule has 3 nitrogen and oxygen atoms in total. The summed E-state index contributed by atoms with van der Waals surface area (Å²) in [4.78, 5) is 0. The number of furan rings is 1. The highest BCUT2D eigenvalue weighted by Gasteiger charge is 2.02. The van der Waals surface area contributed by atoms with Gasteiger partial charge < -0.3 is 14.9 Å². The van der Waals surface area contributed by atoms with Crippen molar-refractivity contribution < 1.29 is 9.15 Å². The van der Waals surface area contributed by atoms with E-state index in [4.69, 9.17) is 14.9 Å². The molecule has 1 heterocycles. The van der Waals surface area contributed by atoms with E-state index in [2.05, 4.69) is 0 Å². The van der Waals surface area contributed by atoms with Gasteiger partial charge in [0.2, 0.25) is 0 Å². The van der Waals surface area contributed by atoms with Crippen molar-refractivity contribution in [2.75, 3.05) is 7.11 Å². The summed E-state index contributed by atoms with van der Waals surface area (Å²) in [6.45, 7) is 0.447. The Balaban J connectivity index is 2.08. The molecule has 0 fully saturated rings. The number of ether oxygens (including phenoxy) is 1. The molecule has 3 heteroatoms. The van der Waals surface area contributed by atoms with E-state index in [1.807, 2.05) is 36.4 Å². The number of hydrogen-bond acceptors (Lipinski definition) is 3. The van der Waals surface area contributed by atoms with Crippen LogP contribution < -0.4 is 10.5 Å². The summed E-state index contributed by atoms with van der Waals surface area (Å²) in [5, 5.41) is 0. The van der Waals surface area contributed by atoms with Gasteiger partial charge in [0.15, 0.2) is 0 Å². The van der Waals surface area contributed by atoms with Crippen LogP contribution in [-0.2, 0) is 13.0 Å². The average molecular weight is 217 g/mol. The van der Waals surface area contributed by atoms with E-state index >= 15 is 0 Å². The van der Waals surface area contributed by atoms with Crippen LogP contribution in [0.1, 0.15) is 17.1 Å². The second kappa shape index (κ2) is 4.86. The van der Waals surface area contributed by atoms with Crippen LogP contribution in [-0.4, -0.2) is 7.11 Å². The first-order valence-corrected chi connectivity index (χ1v) is 5.22. The molecule has 0 amide bonds. The molecular weight excluding hydrogens is 202 g/mol. The van der Waals surface area contributed by atoms with Gasteiger partial charge in [0, 0.05) is 6.42 Å². The fraction of sp³-hybridized carbons (Fsp3) is 0.231. The Morgan fingerprint density at radius 3 is 2.31 bits per heavy atom. The lowest BCUT2D eigenvalue weighted by molar-refractivity contribution is 0.414. The summed E-state index contributed by atoms with van der Waals surface area (Å²) < 4.78 is 10.6. The molecular formula is C13H15NO2. The molecule has 0 saturated heterocycles. The smallest absolute Gasteiger partial charge is 0.118 e. The van der Waals surface area contributed by atoms with Gasteiger partial charge in [-0.15, -0.1) is 0 Å². The van der Waals surface area contributed by atoms with Gasteiger partial charge in [0.25, 0.3) is 0 Å². The number of methoxy groups -OCH3 is 1. The van der Waals surface area contributed by atoms with Crippen LogP contribution in [0, 0.1) is 0 Å². The molecule has 0 aliphatic rings. The van der Waals surface area contributed by atoms with E-state index in [-0.39, 0.29) is 0 Å². The van der Waals surface area contributed by atoms with Crippen LogP contribution in [0.2, 0.25) is 0 Å². The van der Waals surface area contributed by atoms with E-state index in [0.29, 0.717) is 6.54 Å². The predicted molar refractivity (Wildman–Crippen MR) is 62.4 cm³/mol. The van der Waals surface area contributed by atoms with Crippen molar-refractivity contribution in [3.63, 3.8) is 0 Å². The van der Waals surface area contributed by atoms with Crippen LogP contribution in [0.5, 0.6) is 5.75 Å². The van der Waals surface area contributed by atoms with Gasteiger partial charge in [-0.25, -0.2) is 0 Å². The SMILES string of the molecule is COc1ccc(Cc2ccc(CN)o2)cc1. The molecule has 0 aliphatic carbocycles. The number of rotatable bonds is 4. The highest BCUT2D eigenvalue weighted by Crippen LogP contribution is 2.16. The minimum atomic E-state index is 0.447. The molecule has 0 spiro atoms. The summed E-state index contributed by atoms with van der Waals surface area (Å²) in [7, 11) is 1.66. The highest BCUT2D eigenvalue weighted by molar-refractivity contribution is 5.29. The summed E-state index contributed by atoms with van der Waals surface area (Å²) in [5.74, 6) is 2.62. The maximum Gasteiger partial charge on any atom is 0.118 e. The van der Waals surface area contributed by atoms with E-state index in [9.17, 15) is 0 Å². The fourth-order valence-electron chi connectivity index (χ4n) is 1.57. The van der Waals surface area contributed by atoms with Gasteiger partial charge in [0.05, 0.1) is 13.7 Å². The maximum absolute atomic E-state index is 5.54. The average Bonchev–Trinajstić information content (AvgIpc) is 2.78. The Kier molecular flexibility index (Phi) is 3.27. The lowest BCUT2D eigenvalue weighted by atomic mass is 10.1. The summed E-state index contributed by atoms with van der Waals surface area (Å²) in [6, 6.07) is 11.8. The highest BCUT2D eigenvalue weighted by atomic mass is 16.5. The zero-order valence-electron chi connectivity index (χ0n) is 9.27. The van der Waals surface area contributed by atoms with Crippen molar-refractivity contribution in [2.45, 2.75) is 13.0 Å². The third-order valence-electron chi connectivity index (χ3n) is 2.46. The summed E-state index contributed by atoms with van der Waals surface area (Å²) in [6.07, 6.45) is 0.782. The Hall–Kier alpha value is -1.74. The first-order valence-electron chi connectivity index (χ1n) is 5.22. The Bertz CT molecular complexity index is 445. The van der Waals surface area contributed by atoms with Crippen molar-refractivity contribution in [3.8, 4) is 5.75 Å². The van der Waals surface area contributed by atoms with Gasteiger partial charge in [-0.2, -0.15) is 0 Å². The van der Waals surface area contributed by atoms with Crippen molar-refractivity contribution in [3.05, 3.63) is 53.5 Å². The van der Waals surface area contributed by atoms with Crippen LogP contribution >= 0.6 is 0 Å². The molecule has 16 heavy (non-hydrogen) atoms. The molecule has 0 radical (unpaired) electrons. The quantitative estimate of drug-likeness (QED) is 0.855. The van der Waals surface area contributed by atoms with E-state index in [0.717, 1.165) is 23.7 Å². The Morgan fingerprint density at radius 1 is 1.06 bits per heavy atom. The summed E-state index contributed by atoms with van der Waals surface area (Å²) >= 11 is 0. The molecule has 2 aromatic rings. The third-order valence-corrected chi connectivity index (χ3v) is 2.46. The number of benzene rings is 1. The van der Waals surface area contributed by atoms with Gasteiger partial charge in [0.1, 0.15) is 17.3 Å². The molecule has 2 N–H and O–H groups in total. The van der Waals surface area contributed by atoms with Crippen LogP contribution in [0.15, 0.2) is 40.8 Å². The van der Waals surface area contributed by atoms with Crippen molar-refractivity contribution in [1.82, 2.24) is 0 Å². The maximum atomic E-state index is 5.54. The zero-order chi connectivity index (χ0) is 11.4. The molecule has 84 valence electrons. The lowest BCUT2D eigenvalue weighted by Crippen LogP contribution is -1.93. The van der Waals surface area contributed by atoms with Crippen LogP contribution in [0.3, 0.4) is 0 Å². The largest absolute Gasteiger partial charge is 0.497 e. The topological polar surface area (TPSA) is 48.4 Å². The number of nitrogens with two attached hydrogens (primary N) is 1. The minimum Gasteiger partial charge on any atom is -0.497 e. The third kappa shape index (κ3) is 2.44. The molecule has 0 saturated carbocycles. The standard InChI is InChI=1S/C13H15NO2/c1-15-11-4-2-10(3-5-11)8-12-6-7-13(9-14)16-12/h2-7H,8-9,14H2,1H3. The fourth-order valence-corrected chi connectivity index (χ4v) is 1.57. The van der Waals surface area contributed by atoms with E-state index in [1.165, 1.54) is 5.56 Å². The Morgan fingerprint density at radius 2 is 1.75 bits per heavy atom. The van der Waals surface area contributed by atoms with Crippen LogP contribution in [0.25, 0.3) is 0 Å². The number of hydrogen-bond donors (Lipinski definition) is 1. The predicted octanol–water partition coefficient (Wildman–Crippen LogP) is 2.34. The van der Waals surface area contributed by atoms with Crippen molar-refractivity contribution in [1.29, 1.82) is 0 Å². The first-order chi connectivity index (χ1) is 7.81. The molecule has 1 aromatic heterocycles. The molecule has 1 aromatic carbocycles. The minimum absolute atomic E-state index is 0.447. The van der Waals surface area contributed by atoms with Crippen LogP contribution in [0.4, 0.5) is 0 Å². The summed E-state index contributed by atoms with van der Waals surface area (Å²) in [5.41, 5.74) is 6.68. The molecule has 2 rings (SSSR count). The van der Waals surface area contributed by atoms with Gasteiger partial charge in [-0.3, -0.25) is 0 Å². The second-order valence-electron chi connectivity index (χ2n) is 3.60. The van der Waals surface area contributed by atoms with Crippen molar-refractivity contribution >= 4 is 0 Å². The lowest BCUT2D eigenvalue weighted by Gasteiger charge is -2.01. The molecule has 0 bridgehead atoms. The molecule has 0 aliphatic heterocycles. The normalized spacial score (nSPS) is 10.4. The second-order valence-corrected chi connectivity index (χ2v) is 3.60. The van der Waals surface area contributed by atoms with Gasteiger partial charge in [-0.1, -0.05) is 12.1 Å².